The van der Waals surface area contributed by atoms with Crippen LogP contribution in [0.15, 0.2) is 58.6 Å². The molecular formula is C26H30F6N6O. The Bertz CT molecular complexity index is 1190. The molecule has 0 bridgehead atoms. The largest absolute Gasteiger partial charge is 0.416 e. The molecule has 2 aliphatic rings. The third kappa shape index (κ3) is 8.62. The Morgan fingerprint density at radius 1 is 0.949 bits per heavy atom. The SMILES string of the molecule is CCC(=O)NC1=NN(c2cccc(C(F)(F)F)c2)CC1.CCCN=C1CCN(c2cccc(C(F)(F)F)c2)N1. The maximum absolute atomic E-state index is 12.6. The van der Waals surface area contributed by atoms with E-state index in [1.54, 1.807) is 24.1 Å². The lowest BCUT2D eigenvalue weighted by molar-refractivity contribution is -0.138. The summed E-state index contributed by atoms with van der Waals surface area (Å²) in [6.07, 6.45) is -6.16. The minimum absolute atomic E-state index is 0.158. The van der Waals surface area contributed by atoms with Crippen molar-refractivity contribution >= 4 is 29.0 Å². The molecule has 0 unspecified atom stereocenters. The van der Waals surface area contributed by atoms with Gasteiger partial charge in [0.15, 0.2) is 0 Å². The average Bonchev–Trinajstić information content (AvgIpc) is 3.57. The second-order valence-corrected chi connectivity index (χ2v) is 8.76. The number of benzene rings is 2. The van der Waals surface area contributed by atoms with Crippen LogP contribution >= 0.6 is 0 Å². The van der Waals surface area contributed by atoms with Crippen LogP contribution in [0, 0.1) is 0 Å². The van der Waals surface area contributed by atoms with Gasteiger partial charge in [0, 0.05) is 38.9 Å². The highest BCUT2D eigenvalue weighted by Gasteiger charge is 2.32. The number of halogens is 6. The number of amides is 1. The van der Waals surface area contributed by atoms with E-state index >= 15 is 0 Å². The van der Waals surface area contributed by atoms with Crippen LogP contribution in [0.4, 0.5) is 37.7 Å². The molecule has 1 amide bonds. The van der Waals surface area contributed by atoms with E-state index in [1.165, 1.54) is 17.1 Å². The fourth-order valence-corrected chi connectivity index (χ4v) is 3.71. The van der Waals surface area contributed by atoms with Gasteiger partial charge in [-0.3, -0.25) is 25.2 Å². The van der Waals surface area contributed by atoms with Crippen molar-refractivity contribution in [3.05, 3.63) is 59.7 Å². The Labute approximate surface area is 222 Å². The van der Waals surface area contributed by atoms with Crippen molar-refractivity contribution in [1.82, 2.24) is 10.7 Å². The smallest absolute Gasteiger partial charge is 0.313 e. The van der Waals surface area contributed by atoms with Crippen LogP contribution < -0.4 is 20.8 Å². The number of hydrogen-bond donors (Lipinski definition) is 2. The lowest BCUT2D eigenvalue weighted by Crippen LogP contribution is -2.33. The molecule has 212 valence electrons. The van der Waals surface area contributed by atoms with E-state index in [2.05, 4.69) is 20.8 Å². The van der Waals surface area contributed by atoms with Crippen molar-refractivity contribution in [2.75, 3.05) is 29.7 Å². The van der Waals surface area contributed by atoms with Gasteiger partial charge in [-0.25, -0.2) is 0 Å². The van der Waals surface area contributed by atoms with Crippen LogP contribution in [-0.4, -0.2) is 37.2 Å². The quantitative estimate of drug-likeness (QED) is 0.445. The summed E-state index contributed by atoms with van der Waals surface area (Å²) in [5, 5.41) is 9.90. The topological polar surface area (TPSA) is 72.3 Å². The molecule has 2 aromatic carbocycles. The molecule has 2 aliphatic heterocycles. The molecule has 2 N–H and O–H groups in total. The molecule has 0 atom stereocenters. The number of alkyl halides is 6. The van der Waals surface area contributed by atoms with E-state index in [-0.39, 0.29) is 5.91 Å². The van der Waals surface area contributed by atoms with E-state index in [0.29, 0.717) is 43.1 Å². The van der Waals surface area contributed by atoms with Crippen LogP contribution in [-0.2, 0) is 17.1 Å². The molecule has 7 nitrogen and oxygen atoms in total. The fourth-order valence-electron chi connectivity index (χ4n) is 3.71. The summed E-state index contributed by atoms with van der Waals surface area (Å²) in [7, 11) is 0. The van der Waals surface area contributed by atoms with Gasteiger partial charge in [-0.1, -0.05) is 26.0 Å². The Kier molecular flexibility index (Phi) is 9.81. The molecule has 0 aliphatic carbocycles. The summed E-state index contributed by atoms with van der Waals surface area (Å²) in [6, 6.07) is 10.3. The van der Waals surface area contributed by atoms with Crippen LogP contribution in [0.3, 0.4) is 0 Å². The highest BCUT2D eigenvalue weighted by Crippen LogP contribution is 2.33. The molecule has 0 radical (unpaired) electrons. The number of nitrogens with one attached hydrogen (secondary N) is 2. The van der Waals surface area contributed by atoms with E-state index in [4.69, 9.17) is 0 Å². The summed E-state index contributed by atoms with van der Waals surface area (Å²) in [6.45, 7) is 5.56. The lowest BCUT2D eigenvalue weighted by Gasteiger charge is -2.19. The van der Waals surface area contributed by atoms with Crippen LogP contribution in [0.25, 0.3) is 0 Å². The number of carbonyl (C=O) groups excluding carboxylic acids is 1. The number of amidine groups is 2. The van der Waals surface area contributed by atoms with E-state index in [1.807, 2.05) is 6.92 Å². The van der Waals surface area contributed by atoms with Crippen LogP contribution in [0.2, 0.25) is 0 Å². The van der Waals surface area contributed by atoms with Gasteiger partial charge in [-0.2, -0.15) is 31.4 Å². The number of nitrogens with zero attached hydrogens (tertiary/aromatic N) is 4. The van der Waals surface area contributed by atoms with E-state index in [9.17, 15) is 31.1 Å². The first-order valence-corrected chi connectivity index (χ1v) is 12.5. The molecule has 13 heteroatoms. The van der Waals surface area contributed by atoms with Gasteiger partial charge in [0.25, 0.3) is 0 Å². The van der Waals surface area contributed by atoms with Crippen molar-refractivity contribution < 1.29 is 31.1 Å². The first-order chi connectivity index (χ1) is 18.4. The zero-order chi connectivity index (χ0) is 28.6. The Morgan fingerprint density at radius 2 is 1.56 bits per heavy atom. The predicted molar refractivity (Wildman–Crippen MR) is 138 cm³/mol. The molecule has 0 spiro atoms. The number of aliphatic imine (C=N–C) groups is 1. The number of hydrogen-bond acceptors (Lipinski definition) is 5. The number of rotatable bonds is 5. The molecule has 1 saturated heterocycles. The molecule has 1 fully saturated rings. The molecule has 0 saturated carbocycles. The first-order valence-electron chi connectivity index (χ1n) is 12.5. The third-order valence-corrected chi connectivity index (χ3v) is 5.73. The van der Waals surface area contributed by atoms with Crippen molar-refractivity contribution in [1.29, 1.82) is 0 Å². The van der Waals surface area contributed by atoms with E-state index < -0.39 is 23.5 Å². The zero-order valence-corrected chi connectivity index (χ0v) is 21.5. The number of hydrazone groups is 1. The molecule has 39 heavy (non-hydrogen) atoms. The summed E-state index contributed by atoms with van der Waals surface area (Å²) in [5.41, 5.74) is 2.56. The average molecular weight is 557 g/mol. The van der Waals surface area contributed by atoms with Crippen LogP contribution in [0.1, 0.15) is 50.7 Å². The van der Waals surface area contributed by atoms with Crippen molar-refractivity contribution in [2.24, 2.45) is 10.1 Å². The van der Waals surface area contributed by atoms with Crippen molar-refractivity contribution in [2.45, 2.75) is 51.9 Å². The minimum Gasteiger partial charge on any atom is -0.313 e. The number of hydrazine groups is 1. The summed E-state index contributed by atoms with van der Waals surface area (Å²) in [5.74, 6) is 1.16. The summed E-state index contributed by atoms with van der Waals surface area (Å²) >= 11 is 0. The highest BCUT2D eigenvalue weighted by atomic mass is 19.4. The predicted octanol–water partition coefficient (Wildman–Crippen LogP) is 5.98. The number of carbonyl (C=O) groups is 1. The second-order valence-electron chi connectivity index (χ2n) is 8.76. The Hall–Kier alpha value is -3.77. The molecule has 2 aromatic rings. The van der Waals surface area contributed by atoms with Gasteiger partial charge < -0.3 is 5.32 Å². The van der Waals surface area contributed by atoms with Gasteiger partial charge >= 0.3 is 12.4 Å². The van der Waals surface area contributed by atoms with Crippen molar-refractivity contribution in [3.63, 3.8) is 0 Å². The minimum atomic E-state index is -4.38. The third-order valence-electron chi connectivity index (χ3n) is 5.73. The zero-order valence-electron chi connectivity index (χ0n) is 21.5. The first kappa shape index (κ1) is 29.8. The standard InChI is InChI=1S/C13H14F3N3O.C13H16F3N3/c1-2-12(20)17-11-6-7-19(18-11)10-5-3-4-9(8-10)13(14,15)16;1-2-7-17-12-6-8-19(18-12)11-5-3-4-10(9-11)13(14,15)16/h3-5,8H,2,6-7H2,1H3,(H,17,18,20);3-5,9H,2,6-8H2,1H3,(H,17,18). The Morgan fingerprint density at radius 3 is 2.15 bits per heavy atom. The molecule has 4 rings (SSSR count). The fraction of sp³-hybridized carbons (Fsp3) is 0.423. The second kappa shape index (κ2) is 12.9. The van der Waals surface area contributed by atoms with Gasteiger partial charge in [0.2, 0.25) is 5.91 Å². The van der Waals surface area contributed by atoms with Gasteiger partial charge in [-0.05, 0) is 42.8 Å². The summed E-state index contributed by atoms with van der Waals surface area (Å²) in [4.78, 5) is 15.6. The van der Waals surface area contributed by atoms with E-state index in [0.717, 1.165) is 49.5 Å². The number of anilines is 2. The molecule has 0 aromatic heterocycles. The lowest BCUT2D eigenvalue weighted by atomic mass is 10.2. The maximum atomic E-state index is 12.6. The van der Waals surface area contributed by atoms with Gasteiger partial charge in [-0.15, -0.1) is 0 Å². The van der Waals surface area contributed by atoms with Crippen LogP contribution in [0.5, 0.6) is 0 Å². The van der Waals surface area contributed by atoms with Gasteiger partial charge in [0.05, 0.1) is 22.5 Å². The highest BCUT2D eigenvalue weighted by molar-refractivity contribution is 5.99. The maximum Gasteiger partial charge on any atom is 0.416 e. The summed E-state index contributed by atoms with van der Waals surface area (Å²) < 4.78 is 75.8. The van der Waals surface area contributed by atoms with Gasteiger partial charge in [0.1, 0.15) is 11.7 Å². The molecular weight excluding hydrogens is 526 g/mol. The Balaban J connectivity index is 0.000000216. The van der Waals surface area contributed by atoms with Crippen molar-refractivity contribution in [3.8, 4) is 0 Å². The molecule has 2 heterocycles. The normalized spacial score (nSPS) is 16.5. The monoisotopic (exact) mass is 556 g/mol.